The van der Waals surface area contributed by atoms with Crippen molar-refractivity contribution in [3.05, 3.63) is 0 Å². The van der Waals surface area contributed by atoms with Gasteiger partial charge in [-0.2, -0.15) is 0 Å². The monoisotopic (exact) mass is 156 g/mol. The Labute approximate surface area is 67.6 Å². The van der Waals surface area contributed by atoms with Crippen LogP contribution in [0.1, 0.15) is 33.1 Å². The first-order valence-corrected chi connectivity index (χ1v) is 4.15. The lowest BCUT2D eigenvalue weighted by molar-refractivity contribution is -0.113. The third-order valence-electron chi connectivity index (χ3n) is 2.99. The van der Waals surface area contributed by atoms with Crippen LogP contribution in [-0.4, -0.2) is 18.0 Å². The highest BCUT2D eigenvalue weighted by molar-refractivity contribution is 5.66. The summed E-state index contributed by atoms with van der Waals surface area (Å²) >= 11 is 0. The second-order valence-corrected chi connectivity index (χ2v) is 4.16. The molecule has 0 aromatic rings. The predicted octanol–water partition coefficient (Wildman–Crippen LogP) is 1.37. The Kier molecular flexibility index (Phi) is 2.06. The molecule has 1 aliphatic carbocycles. The van der Waals surface area contributed by atoms with Crippen LogP contribution in [0.15, 0.2) is 0 Å². The average molecular weight is 156 g/mol. The van der Waals surface area contributed by atoms with Crippen molar-refractivity contribution < 1.29 is 9.90 Å². The Morgan fingerprint density at radius 3 is 2.36 bits per heavy atom. The minimum absolute atomic E-state index is 0.101. The first-order chi connectivity index (χ1) is 5.08. The van der Waals surface area contributed by atoms with E-state index in [1.807, 2.05) is 0 Å². The molecule has 1 N–H and O–H groups in total. The van der Waals surface area contributed by atoms with Gasteiger partial charge in [-0.15, -0.1) is 0 Å². The molecule has 0 amide bonds. The fraction of sp³-hybridized carbons (Fsp3) is 0.889. The number of hydrogen-bond donors (Lipinski definition) is 1. The fourth-order valence-electron chi connectivity index (χ4n) is 1.83. The number of aliphatic hydroxyl groups is 1. The molecule has 1 aliphatic rings. The lowest BCUT2D eigenvalue weighted by Crippen LogP contribution is -2.11. The minimum atomic E-state index is -0.101. The van der Waals surface area contributed by atoms with Crippen LogP contribution in [0, 0.1) is 10.8 Å². The van der Waals surface area contributed by atoms with Crippen LogP contribution in [0.25, 0.3) is 0 Å². The molecule has 0 spiro atoms. The zero-order valence-electron chi connectivity index (χ0n) is 7.26. The summed E-state index contributed by atoms with van der Waals surface area (Å²) in [7, 11) is 0. The molecule has 1 fully saturated rings. The molecule has 1 rings (SSSR count). The van der Waals surface area contributed by atoms with Gasteiger partial charge >= 0.3 is 0 Å². The van der Waals surface area contributed by atoms with Gasteiger partial charge in [0.25, 0.3) is 0 Å². The number of rotatable bonds is 4. The summed E-state index contributed by atoms with van der Waals surface area (Å²) in [5.41, 5.74) is 0.0830. The van der Waals surface area contributed by atoms with Gasteiger partial charge in [0.1, 0.15) is 6.29 Å². The van der Waals surface area contributed by atoms with Crippen LogP contribution in [0.3, 0.4) is 0 Å². The standard InChI is InChI=1S/C9H16O2/c1-8(2)6-9(8,7-11)4-3-5-10/h7,10H,3-6H2,1-2H3. The summed E-state index contributed by atoms with van der Waals surface area (Å²) < 4.78 is 0. The molecule has 0 saturated heterocycles. The molecular formula is C9H16O2. The fourth-order valence-corrected chi connectivity index (χ4v) is 1.83. The molecule has 64 valence electrons. The van der Waals surface area contributed by atoms with Crippen LogP contribution < -0.4 is 0 Å². The topological polar surface area (TPSA) is 37.3 Å². The van der Waals surface area contributed by atoms with E-state index in [4.69, 9.17) is 5.11 Å². The maximum atomic E-state index is 10.7. The van der Waals surface area contributed by atoms with E-state index in [1.165, 1.54) is 0 Å². The van der Waals surface area contributed by atoms with Crippen LogP contribution in [0.4, 0.5) is 0 Å². The summed E-state index contributed by atoms with van der Waals surface area (Å²) in [6, 6.07) is 0. The van der Waals surface area contributed by atoms with Crippen molar-refractivity contribution in [3.63, 3.8) is 0 Å². The van der Waals surface area contributed by atoms with Gasteiger partial charge in [0, 0.05) is 12.0 Å². The molecule has 0 aliphatic heterocycles. The lowest BCUT2D eigenvalue weighted by atomic mass is 9.93. The molecular weight excluding hydrogens is 140 g/mol. The van der Waals surface area contributed by atoms with Gasteiger partial charge in [0.05, 0.1) is 0 Å². The first-order valence-electron chi connectivity index (χ1n) is 4.15. The van der Waals surface area contributed by atoms with E-state index in [0.717, 1.165) is 25.5 Å². The lowest BCUT2D eigenvalue weighted by Gasteiger charge is -2.11. The molecule has 11 heavy (non-hydrogen) atoms. The van der Waals surface area contributed by atoms with Gasteiger partial charge in [0.2, 0.25) is 0 Å². The van der Waals surface area contributed by atoms with Gasteiger partial charge in [-0.1, -0.05) is 13.8 Å². The maximum absolute atomic E-state index is 10.7. The largest absolute Gasteiger partial charge is 0.396 e. The van der Waals surface area contributed by atoms with Crippen molar-refractivity contribution in [2.45, 2.75) is 33.1 Å². The van der Waals surface area contributed by atoms with Gasteiger partial charge in [0.15, 0.2) is 0 Å². The Hall–Kier alpha value is -0.370. The quantitative estimate of drug-likeness (QED) is 0.624. The van der Waals surface area contributed by atoms with Crippen molar-refractivity contribution in [2.24, 2.45) is 10.8 Å². The molecule has 0 aromatic carbocycles. The van der Waals surface area contributed by atoms with Crippen molar-refractivity contribution in [3.8, 4) is 0 Å². The Morgan fingerprint density at radius 1 is 1.55 bits per heavy atom. The summed E-state index contributed by atoms with van der Waals surface area (Å²) in [6.07, 6.45) is 3.66. The highest BCUT2D eigenvalue weighted by Gasteiger charge is 2.60. The number of carbonyl (C=O) groups excluding carboxylic acids is 1. The van der Waals surface area contributed by atoms with Gasteiger partial charge in [-0.3, -0.25) is 0 Å². The van der Waals surface area contributed by atoms with E-state index in [-0.39, 0.29) is 17.4 Å². The third-order valence-corrected chi connectivity index (χ3v) is 2.99. The van der Waals surface area contributed by atoms with E-state index in [2.05, 4.69) is 13.8 Å². The van der Waals surface area contributed by atoms with E-state index >= 15 is 0 Å². The van der Waals surface area contributed by atoms with Crippen LogP contribution in [0.2, 0.25) is 0 Å². The Bertz CT molecular complexity index is 163. The highest BCUT2D eigenvalue weighted by atomic mass is 16.2. The number of aliphatic hydroxyl groups excluding tert-OH is 1. The van der Waals surface area contributed by atoms with E-state index in [9.17, 15) is 4.79 Å². The highest BCUT2D eigenvalue weighted by Crippen LogP contribution is 2.64. The summed E-state index contributed by atoms with van der Waals surface area (Å²) in [5, 5.41) is 8.61. The molecule has 1 saturated carbocycles. The second kappa shape index (κ2) is 2.59. The first kappa shape index (κ1) is 8.72. The predicted molar refractivity (Wildman–Crippen MR) is 43.2 cm³/mol. The van der Waals surface area contributed by atoms with Crippen molar-refractivity contribution in [1.82, 2.24) is 0 Å². The maximum Gasteiger partial charge on any atom is 0.126 e. The zero-order valence-corrected chi connectivity index (χ0v) is 7.26. The molecule has 1 unspecified atom stereocenters. The van der Waals surface area contributed by atoms with Crippen LogP contribution in [0.5, 0.6) is 0 Å². The average Bonchev–Trinajstić information content (AvgIpc) is 2.50. The molecule has 0 radical (unpaired) electrons. The Balaban J connectivity index is 2.46. The summed E-state index contributed by atoms with van der Waals surface area (Å²) in [6.45, 7) is 4.42. The smallest absolute Gasteiger partial charge is 0.126 e. The number of carbonyl (C=O) groups is 1. The summed E-state index contributed by atoms with van der Waals surface area (Å²) in [5.74, 6) is 0. The van der Waals surface area contributed by atoms with Gasteiger partial charge < -0.3 is 9.90 Å². The van der Waals surface area contributed by atoms with Gasteiger partial charge in [-0.05, 0) is 24.7 Å². The molecule has 0 heterocycles. The summed E-state index contributed by atoms with van der Waals surface area (Å²) in [4.78, 5) is 10.7. The van der Waals surface area contributed by atoms with E-state index in [0.29, 0.717) is 0 Å². The third kappa shape index (κ3) is 1.32. The van der Waals surface area contributed by atoms with E-state index in [1.54, 1.807) is 0 Å². The molecule has 1 atom stereocenters. The Morgan fingerprint density at radius 2 is 2.09 bits per heavy atom. The number of hydrogen-bond acceptors (Lipinski definition) is 2. The second-order valence-electron chi connectivity index (χ2n) is 4.16. The SMILES string of the molecule is CC1(C)CC1(C=O)CCCO. The van der Waals surface area contributed by atoms with Crippen LogP contribution in [-0.2, 0) is 4.79 Å². The van der Waals surface area contributed by atoms with Crippen molar-refractivity contribution in [1.29, 1.82) is 0 Å². The van der Waals surface area contributed by atoms with Gasteiger partial charge in [-0.25, -0.2) is 0 Å². The molecule has 2 heteroatoms. The van der Waals surface area contributed by atoms with E-state index < -0.39 is 0 Å². The van der Waals surface area contributed by atoms with Crippen LogP contribution >= 0.6 is 0 Å². The molecule has 0 bridgehead atoms. The van der Waals surface area contributed by atoms with Crippen molar-refractivity contribution >= 4 is 6.29 Å². The normalized spacial score (nSPS) is 33.4. The van der Waals surface area contributed by atoms with Crippen molar-refractivity contribution in [2.75, 3.05) is 6.61 Å². The molecule has 2 nitrogen and oxygen atoms in total. The molecule has 0 aromatic heterocycles. The zero-order chi connectivity index (χ0) is 8.54. The minimum Gasteiger partial charge on any atom is -0.396 e. The number of aldehydes is 1.